The molecule has 3 aromatic rings. The Morgan fingerprint density at radius 2 is 2.10 bits per heavy atom. The van der Waals surface area contributed by atoms with Gasteiger partial charge in [0.25, 0.3) is 0 Å². The highest BCUT2D eigenvalue weighted by atomic mass is 32.1. The van der Waals surface area contributed by atoms with Gasteiger partial charge in [-0.1, -0.05) is 36.4 Å². The molecule has 1 heterocycles. The minimum Gasteiger partial charge on any atom is -0.486 e. The van der Waals surface area contributed by atoms with Crippen molar-refractivity contribution >= 4 is 22.1 Å². The molecule has 0 aliphatic heterocycles. The molecule has 2 N–H and O–H groups in total. The van der Waals surface area contributed by atoms with Crippen LogP contribution in [0.4, 0.5) is 0 Å². The molecule has 1 unspecified atom stereocenters. The average molecular weight is 284 g/mol. The van der Waals surface area contributed by atoms with Gasteiger partial charge in [-0.3, -0.25) is 0 Å². The van der Waals surface area contributed by atoms with E-state index in [1.54, 1.807) is 11.3 Å². The highest BCUT2D eigenvalue weighted by molar-refractivity contribution is 7.07. The maximum atomic E-state index is 6.06. The normalized spacial score (nSPS) is 12.5. The molecule has 0 saturated carbocycles. The third-order valence-corrected chi connectivity index (χ3v) is 3.88. The number of nitrogens with zero attached hydrogens (tertiary/aromatic N) is 1. The van der Waals surface area contributed by atoms with Gasteiger partial charge in [0.2, 0.25) is 0 Å². The van der Waals surface area contributed by atoms with Gasteiger partial charge in [0.15, 0.2) is 0 Å². The molecule has 0 aliphatic rings. The Kier molecular flexibility index (Phi) is 3.67. The van der Waals surface area contributed by atoms with Crippen molar-refractivity contribution in [1.82, 2.24) is 4.98 Å². The fourth-order valence-electron chi connectivity index (χ4n) is 2.23. The molecule has 3 nitrogen and oxygen atoms in total. The average Bonchev–Trinajstić information content (AvgIpc) is 2.97. The van der Waals surface area contributed by atoms with Gasteiger partial charge < -0.3 is 10.5 Å². The lowest BCUT2D eigenvalue weighted by Crippen LogP contribution is -2.08. The molecule has 102 valence electrons. The molecule has 4 heteroatoms. The third kappa shape index (κ3) is 2.53. The Morgan fingerprint density at radius 3 is 2.85 bits per heavy atom. The molecule has 0 fully saturated rings. The van der Waals surface area contributed by atoms with E-state index in [-0.39, 0.29) is 6.04 Å². The monoisotopic (exact) mass is 284 g/mol. The van der Waals surface area contributed by atoms with Crippen LogP contribution in [0.25, 0.3) is 10.8 Å². The zero-order valence-electron chi connectivity index (χ0n) is 11.2. The van der Waals surface area contributed by atoms with Crippen LogP contribution in [0, 0.1) is 0 Å². The number of nitrogens with two attached hydrogens (primary N) is 1. The van der Waals surface area contributed by atoms with Gasteiger partial charge in [0.05, 0.1) is 11.2 Å². The number of hydrogen-bond donors (Lipinski definition) is 1. The summed E-state index contributed by atoms with van der Waals surface area (Å²) in [5.41, 5.74) is 9.84. The van der Waals surface area contributed by atoms with Gasteiger partial charge in [-0.25, -0.2) is 4.98 Å². The van der Waals surface area contributed by atoms with Crippen LogP contribution in [0.5, 0.6) is 5.75 Å². The minimum absolute atomic E-state index is 0.0648. The Morgan fingerprint density at radius 1 is 1.25 bits per heavy atom. The van der Waals surface area contributed by atoms with Crippen LogP contribution in [0.15, 0.2) is 47.3 Å². The lowest BCUT2D eigenvalue weighted by atomic mass is 10.0. The predicted molar refractivity (Wildman–Crippen MR) is 83.0 cm³/mol. The van der Waals surface area contributed by atoms with Crippen molar-refractivity contribution in [2.75, 3.05) is 0 Å². The summed E-state index contributed by atoms with van der Waals surface area (Å²) in [5, 5.41) is 4.25. The van der Waals surface area contributed by atoms with Crippen LogP contribution in [-0.4, -0.2) is 4.98 Å². The van der Waals surface area contributed by atoms with Crippen molar-refractivity contribution in [2.24, 2.45) is 5.73 Å². The molecule has 3 rings (SSSR count). The first-order chi connectivity index (χ1) is 9.75. The second-order valence-electron chi connectivity index (χ2n) is 4.76. The van der Waals surface area contributed by atoms with Gasteiger partial charge in [-0.05, 0) is 12.3 Å². The van der Waals surface area contributed by atoms with Crippen LogP contribution >= 0.6 is 11.3 Å². The Bertz CT molecular complexity index is 708. The Balaban J connectivity index is 2.03. The molecule has 0 saturated heterocycles. The quantitative estimate of drug-likeness (QED) is 0.790. The van der Waals surface area contributed by atoms with Gasteiger partial charge in [-0.15, -0.1) is 11.3 Å². The molecule has 0 amide bonds. The first-order valence-electron chi connectivity index (χ1n) is 6.53. The summed E-state index contributed by atoms with van der Waals surface area (Å²) in [6.45, 7) is 2.44. The van der Waals surface area contributed by atoms with E-state index in [0.29, 0.717) is 6.61 Å². The summed E-state index contributed by atoms with van der Waals surface area (Å²) in [7, 11) is 0. The predicted octanol–water partition coefficient (Wildman–Crippen LogP) is 3.90. The van der Waals surface area contributed by atoms with E-state index in [4.69, 9.17) is 10.5 Å². The van der Waals surface area contributed by atoms with Crippen molar-refractivity contribution in [3.05, 3.63) is 58.5 Å². The molecule has 2 aromatic carbocycles. The summed E-state index contributed by atoms with van der Waals surface area (Å²) in [6, 6.07) is 12.3. The number of rotatable bonds is 4. The molecule has 20 heavy (non-hydrogen) atoms. The first kappa shape index (κ1) is 13.1. The second-order valence-corrected chi connectivity index (χ2v) is 5.48. The minimum atomic E-state index is -0.0648. The van der Waals surface area contributed by atoms with Crippen molar-refractivity contribution in [2.45, 2.75) is 19.6 Å². The molecule has 0 bridgehead atoms. The van der Waals surface area contributed by atoms with Crippen LogP contribution in [-0.2, 0) is 6.61 Å². The van der Waals surface area contributed by atoms with E-state index in [9.17, 15) is 0 Å². The third-order valence-electron chi connectivity index (χ3n) is 3.25. The molecule has 0 spiro atoms. The molecular weight excluding hydrogens is 268 g/mol. The zero-order valence-corrected chi connectivity index (χ0v) is 12.1. The molecular formula is C16H16N2OS. The largest absolute Gasteiger partial charge is 0.486 e. The standard InChI is InChI=1S/C16H16N2OS/c1-11(17)14-7-6-12-4-2-3-5-15(12)16(14)19-8-13-9-20-10-18-13/h2-7,9-11H,8,17H2,1H3. The SMILES string of the molecule is CC(N)c1ccc2ccccc2c1OCc1cscn1. The van der Waals surface area contributed by atoms with Crippen molar-refractivity contribution in [3.63, 3.8) is 0 Å². The second kappa shape index (κ2) is 5.61. The van der Waals surface area contributed by atoms with Crippen LogP contribution in [0.3, 0.4) is 0 Å². The summed E-state index contributed by atoms with van der Waals surface area (Å²) >= 11 is 1.57. The van der Waals surface area contributed by atoms with E-state index in [1.165, 1.54) is 0 Å². The van der Waals surface area contributed by atoms with Crippen LogP contribution in [0.2, 0.25) is 0 Å². The molecule has 1 atom stereocenters. The molecule has 0 radical (unpaired) electrons. The number of thiazole rings is 1. The zero-order chi connectivity index (χ0) is 13.9. The Hall–Kier alpha value is -1.91. The summed E-state index contributed by atoms with van der Waals surface area (Å²) in [4.78, 5) is 4.25. The maximum absolute atomic E-state index is 6.06. The first-order valence-corrected chi connectivity index (χ1v) is 7.47. The van der Waals surface area contributed by atoms with E-state index >= 15 is 0 Å². The highest BCUT2D eigenvalue weighted by Gasteiger charge is 2.12. The van der Waals surface area contributed by atoms with E-state index < -0.39 is 0 Å². The van der Waals surface area contributed by atoms with Crippen molar-refractivity contribution < 1.29 is 4.74 Å². The van der Waals surface area contributed by atoms with Gasteiger partial charge >= 0.3 is 0 Å². The number of fused-ring (bicyclic) bond motifs is 1. The fraction of sp³-hybridized carbons (Fsp3) is 0.188. The summed E-state index contributed by atoms with van der Waals surface area (Å²) < 4.78 is 6.02. The topological polar surface area (TPSA) is 48.1 Å². The number of benzene rings is 2. The molecule has 1 aromatic heterocycles. The lowest BCUT2D eigenvalue weighted by molar-refractivity contribution is 0.301. The maximum Gasteiger partial charge on any atom is 0.132 e. The number of ether oxygens (including phenoxy) is 1. The lowest BCUT2D eigenvalue weighted by Gasteiger charge is -2.16. The fourth-order valence-corrected chi connectivity index (χ4v) is 2.78. The van der Waals surface area contributed by atoms with Crippen molar-refractivity contribution in [3.8, 4) is 5.75 Å². The van der Waals surface area contributed by atoms with Crippen LogP contribution < -0.4 is 10.5 Å². The van der Waals surface area contributed by atoms with E-state index in [1.807, 2.05) is 36.0 Å². The van der Waals surface area contributed by atoms with Gasteiger partial charge in [0, 0.05) is 22.4 Å². The van der Waals surface area contributed by atoms with E-state index in [0.717, 1.165) is 27.8 Å². The smallest absolute Gasteiger partial charge is 0.132 e. The number of hydrogen-bond acceptors (Lipinski definition) is 4. The Labute approximate surface area is 122 Å². The highest BCUT2D eigenvalue weighted by Crippen LogP contribution is 2.33. The van der Waals surface area contributed by atoms with Crippen molar-refractivity contribution in [1.29, 1.82) is 0 Å². The van der Waals surface area contributed by atoms with Gasteiger partial charge in [-0.2, -0.15) is 0 Å². The summed E-state index contributed by atoms with van der Waals surface area (Å²) in [5.74, 6) is 0.867. The summed E-state index contributed by atoms with van der Waals surface area (Å²) in [6.07, 6.45) is 0. The van der Waals surface area contributed by atoms with E-state index in [2.05, 4.69) is 23.2 Å². The molecule has 0 aliphatic carbocycles. The number of aromatic nitrogens is 1. The van der Waals surface area contributed by atoms with Crippen LogP contribution in [0.1, 0.15) is 24.2 Å². The van der Waals surface area contributed by atoms with Gasteiger partial charge in [0.1, 0.15) is 12.4 Å².